The van der Waals surface area contributed by atoms with Crippen LogP contribution in [0.5, 0.6) is 0 Å². The van der Waals surface area contributed by atoms with E-state index in [-0.39, 0.29) is 18.7 Å². The Morgan fingerprint density at radius 2 is 2.11 bits per heavy atom. The fraction of sp³-hybridized carbons (Fsp3) is 0.455. The second-order valence-electron chi connectivity index (χ2n) is 4.24. The molecule has 0 unspecified atom stereocenters. The van der Waals surface area contributed by atoms with Crippen LogP contribution in [0, 0.1) is 6.92 Å². The van der Waals surface area contributed by atoms with Crippen LogP contribution in [0.3, 0.4) is 0 Å². The Hall–Kier alpha value is -2.02. The van der Waals surface area contributed by atoms with E-state index in [9.17, 15) is 14.7 Å². The van der Waals surface area contributed by atoms with Crippen LogP contribution in [0.2, 0.25) is 0 Å². The second kappa shape index (κ2) is 4.69. The number of likely N-dealkylation sites (tertiary alicyclic amines) is 1. The number of hydrogen-bond donors (Lipinski definition) is 2. The van der Waals surface area contributed by atoms with Crippen LogP contribution in [0.1, 0.15) is 22.6 Å². The topological polar surface area (TPSA) is 104 Å². The van der Waals surface area contributed by atoms with E-state index in [4.69, 9.17) is 5.11 Å². The zero-order chi connectivity index (χ0) is 13.3. The predicted molar refractivity (Wildman–Crippen MR) is 59.9 cm³/mol. The third-order valence-electron chi connectivity index (χ3n) is 2.82. The summed E-state index contributed by atoms with van der Waals surface area (Å²) >= 11 is 0. The fourth-order valence-electron chi connectivity index (χ4n) is 1.92. The van der Waals surface area contributed by atoms with Crippen molar-refractivity contribution in [1.29, 1.82) is 0 Å². The molecule has 1 amide bonds. The van der Waals surface area contributed by atoms with Gasteiger partial charge in [0.1, 0.15) is 11.7 Å². The Labute approximate surface area is 103 Å². The number of hydrogen-bond acceptors (Lipinski definition) is 5. The van der Waals surface area contributed by atoms with E-state index in [1.54, 1.807) is 6.92 Å². The van der Waals surface area contributed by atoms with Crippen LogP contribution >= 0.6 is 0 Å². The molecule has 0 radical (unpaired) electrons. The molecule has 1 saturated heterocycles. The Morgan fingerprint density at radius 1 is 1.39 bits per heavy atom. The third-order valence-corrected chi connectivity index (χ3v) is 2.82. The van der Waals surface area contributed by atoms with Gasteiger partial charge in [0.25, 0.3) is 5.91 Å². The van der Waals surface area contributed by atoms with Crippen molar-refractivity contribution in [3.05, 3.63) is 23.8 Å². The van der Waals surface area contributed by atoms with Crippen molar-refractivity contribution >= 4 is 11.9 Å². The SMILES string of the molecule is Cc1cnc(C(=O)N2C[C@@H](O)C[C@H]2C(=O)O)cn1. The van der Waals surface area contributed by atoms with E-state index in [1.165, 1.54) is 12.4 Å². The highest BCUT2D eigenvalue weighted by Crippen LogP contribution is 2.20. The molecule has 0 aromatic carbocycles. The molecule has 7 nitrogen and oxygen atoms in total. The molecule has 1 fully saturated rings. The first kappa shape index (κ1) is 12.4. The maximum absolute atomic E-state index is 12.1. The maximum atomic E-state index is 12.1. The van der Waals surface area contributed by atoms with E-state index < -0.39 is 24.0 Å². The lowest BCUT2D eigenvalue weighted by Crippen LogP contribution is -2.41. The van der Waals surface area contributed by atoms with Crippen molar-refractivity contribution in [3.8, 4) is 0 Å². The summed E-state index contributed by atoms with van der Waals surface area (Å²) in [6, 6.07) is -1.00. The van der Waals surface area contributed by atoms with Gasteiger partial charge in [0.2, 0.25) is 0 Å². The van der Waals surface area contributed by atoms with Crippen LogP contribution in [-0.4, -0.2) is 55.6 Å². The summed E-state index contributed by atoms with van der Waals surface area (Å²) in [7, 11) is 0. The van der Waals surface area contributed by atoms with Gasteiger partial charge in [-0.05, 0) is 6.92 Å². The molecule has 0 bridgehead atoms. The first-order valence-electron chi connectivity index (χ1n) is 5.49. The van der Waals surface area contributed by atoms with E-state index in [0.29, 0.717) is 5.69 Å². The average Bonchev–Trinajstić information content (AvgIpc) is 2.71. The second-order valence-corrected chi connectivity index (χ2v) is 4.24. The molecule has 0 saturated carbocycles. The minimum Gasteiger partial charge on any atom is -0.480 e. The van der Waals surface area contributed by atoms with Gasteiger partial charge in [-0.15, -0.1) is 0 Å². The Kier molecular flexibility index (Phi) is 3.24. The Bertz CT molecular complexity index is 474. The van der Waals surface area contributed by atoms with E-state index in [2.05, 4.69) is 9.97 Å². The van der Waals surface area contributed by atoms with Crippen LogP contribution in [0.25, 0.3) is 0 Å². The van der Waals surface area contributed by atoms with Gasteiger partial charge in [0.15, 0.2) is 0 Å². The number of amides is 1. The molecule has 1 aliphatic heterocycles. The quantitative estimate of drug-likeness (QED) is 0.730. The van der Waals surface area contributed by atoms with Gasteiger partial charge in [0.05, 0.1) is 18.0 Å². The minimum atomic E-state index is -1.13. The van der Waals surface area contributed by atoms with E-state index in [1.807, 2.05) is 0 Å². The van der Waals surface area contributed by atoms with Crippen LogP contribution in [-0.2, 0) is 4.79 Å². The number of rotatable bonds is 2. The van der Waals surface area contributed by atoms with Gasteiger partial charge in [-0.2, -0.15) is 0 Å². The number of aliphatic hydroxyl groups excluding tert-OH is 1. The predicted octanol–water partition coefficient (Wildman–Crippen LogP) is -0.555. The normalized spacial score (nSPS) is 23.1. The number of aliphatic hydroxyl groups is 1. The first-order valence-corrected chi connectivity index (χ1v) is 5.49. The lowest BCUT2D eigenvalue weighted by atomic mass is 10.2. The summed E-state index contributed by atoms with van der Waals surface area (Å²) in [6.45, 7) is 1.74. The van der Waals surface area contributed by atoms with E-state index >= 15 is 0 Å². The molecule has 1 aromatic rings. The number of aryl methyl sites for hydroxylation is 1. The molecule has 1 aliphatic rings. The summed E-state index contributed by atoms with van der Waals surface area (Å²) in [5.41, 5.74) is 0.753. The molecule has 96 valence electrons. The lowest BCUT2D eigenvalue weighted by molar-refractivity contribution is -0.141. The number of nitrogens with zero attached hydrogens (tertiary/aromatic N) is 3. The highest BCUT2D eigenvalue weighted by molar-refractivity contribution is 5.95. The first-order chi connectivity index (χ1) is 8.49. The van der Waals surface area contributed by atoms with Gasteiger partial charge in [-0.3, -0.25) is 9.78 Å². The van der Waals surface area contributed by atoms with E-state index in [0.717, 1.165) is 4.90 Å². The van der Waals surface area contributed by atoms with Crippen molar-refractivity contribution in [2.45, 2.75) is 25.5 Å². The van der Waals surface area contributed by atoms with Crippen LogP contribution in [0.15, 0.2) is 12.4 Å². The molecular formula is C11H13N3O4. The Balaban J connectivity index is 2.22. The van der Waals surface area contributed by atoms with Gasteiger partial charge >= 0.3 is 5.97 Å². The number of carboxylic acids is 1. The maximum Gasteiger partial charge on any atom is 0.326 e. The molecule has 2 N–H and O–H groups in total. The number of carbonyl (C=O) groups excluding carboxylic acids is 1. The molecule has 7 heteroatoms. The molecule has 2 rings (SSSR count). The number of aliphatic carboxylic acids is 1. The fourth-order valence-corrected chi connectivity index (χ4v) is 1.92. The Morgan fingerprint density at radius 3 is 2.67 bits per heavy atom. The highest BCUT2D eigenvalue weighted by Gasteiger charge is 2.39. The molecule has 2 heterocycles. The van der Waals surface area contributed by atoms with Gasteiger partial charge in [-0.1, -0.05) is 0 Å². The lowest BCUT2D eigenvalue weighted by Gasteiger charge is -2.20. The molecule has 2 atom stereocenters. The summed E-state index contributed by atoms with van der Waals surface area (Å²) in [5, 5.41) is 18.5. The summed E-state index contributed by atoms with van der Waals surface area (Å²) in [4.78, 5) is 32.0. The van der Waals surface area contributed by atoms with Gasteiger partial charge < -0.3 is 15.1 Å². The van der Waals surface area contributed by atoms with Crippen molar-refractivity contribution in [2.75, 3.05) is 6.54 Å². The van der Waals surface area contributed by atoms with Crippen molar-refractivity contribution in [1.82, 2.24) is 14.9 Å². The van der Waals surface area contributed by atoms with Crippen molar-refractivity contribution in [2.24, 2.45) is 0 Å². The molecule has 0 spiro atoms. The summed E-state index contributed by atoms with van der Waals surface area (Å²) < 4.78 is 0. The monoisotopic (exact) mass is 251 g/mol. The number of carboxylic acid groups (broad SMARTS) is 1. The summed E-state index contributed by atoms with van der Waals surface area (Å²) in [5.74, 6) is -1.65. The van der Waals surface area contributed by atoms with Gasteiger partial charge in [-0.25, -0.2) is 9.78 Å². The standard InChI is InChI=1S/C11H13N3O4/c1-6-3-13-8(4-12-6)10(16)14-5-7(15)2-9(14)11(17)18/h3-4,7,9,15H,2,5H2,1H3,(H,17,18)/t7-,9-/m0/s1. The smallest absolute Gasteiger partial charge is 0.326 e. The molecule has 18 heavy (non-hydrogen) atoms. The third kappa shape index (κ3) is 2.30. The number of aromatic nitrogens is 2. The number of carbonyl (C=O) groups is 2. The van der Waals surface area contributed by atoms with Crippen molar-refractivity contribution in [3.63, 3.8) is 0 Å². The molecular weight excluding hydrogens is 238 g/mol. The molecule has 0 aliphatic carbocycles. The largest absolute Gasteiger partial charge is 0.480 e. The minimum absolute atomic E-state index is 0.00531. The molecule has 1 aromatic heterocycles. The van der Waals surface area contributed by atoms with Crippen molar-refractivity contribution < 1.29 is 19.8 Å². The zero-order valence-electron chi connectivity index (χ0n) is 9.78. The van der Waals surface area contributed by atoms with Gasteiger partial charge in [0, 0.05) is 19.2 Å². The number of β-amino-alcohol motifs (C(OH)–C–C–N with tert-alkyl or cyclic N) is 1. The average molecular weight is 251 g/mol. The summed E-state index contributed by atoms with van der Waals surface area (Å²) in [6.07, 6.45) is 1.98. The van der Waals surface area contributed by atoms with Crippen LogP contribution in [0.4, 0.5) is 0 Å². The van der Waals surface area contributed by atoms with Crippen LogP contribution < -0.4 is 0 Å². The highest BCUT2D eigenvalue weighted by atomic mass is 16.4. The zero-order valence-corrected chi connectivity index (χ0v) is 9.78.